The summed E-state index contributed by atoms with van der Waals surface area (Å²) in [5.41, 5.74) is 1.27. The van der Waals surface area contributed by atoms with E-state index in [2.05, 4.69) is 10.6 Å². The zero-order chi connectivity index (χ0) is 18.4. The average molecular weight is 354 g/mol. The predicted octanol–water partition coefficient (Wildman–Crippen LogP) is 2.82. The minimum Gasteiger partial charge on any atom is -0.496 e. The summed E-state index contributed by atoms with van der Waals surface area (Å²) >= 11 is 0. The van der Waals surface area contributed by atoms with Gasteiger partial charge in [0.2, 0.25) is 0 Å². The first-order valence-electron chi connectivity index (χ1n) is 8.99. The van der Waals surface area contributed by atoms with Crippen LogP contribution in [-0.4, -0.2) is 31.7 Å². The van der Waals surface area contributed by atoms with E-state index in [1.807, 2.05) is 55.5 Å². The molecule has 2 N–H and O–H groups in total. The normalized spacial score (nSPS) is 15.9. The highest BCUT2D eigenvalue weighted by molar-refractivity contribution is 5.85. The molecule has 5 nitrogen and oxygen atoms in total. The minimum atomic E-state index is -0.845. The van der Waals surface area contributed by atoms with Crippen LogP contribution in [0.1, 0.15) is 24.0 Å². The van der Waals surface area contributed by atoms with E-state index >= 15 is 0 Å². The number of rotatable bonds is 6. The molecule has 1 aliphatic heterocycles. The Morgan fingerprint density at radius 3 is 2.50 bits per heavy atom. The highest BCUT2D eigenvalue weighted by Gasteiger charge is 2.42. The number of aryl methyl sites for hydroxylation is 1. The Bertz CT molecular complexity index is 737. The maximum Gasteiger partial charge on any atom is 0.264 e. The molecular weight excluding hydrogens is 328 g/mol. The summed E-state index contributed by atoms with van der Waals surface area (Å²) in [6.07, 6.45) is 1.28. The molecule has 0 atom stereocenters. The molecule has 0 aromatic heterocycles. The van der Waals surface area contributed by atoms with Crippen LogP contribution in [0, 0.1) is 6.92 Å². The third-order valence-corrected chi connectivity index (χ3v) is 4.79. The van der Waals surface area contributed by atoms with Crippen LogP contribution < -0.4 is 20.1 Å². The average Bonchev–Trinajstić information content (AvgIpc) is 2.69. The van der Waals surface area contributed by atoms with Gasteiger partial charge in [-0.05, 0) is 38.2 Å². The number of piperidine rings is 1. The molecule has 138 valence electrons. The Morgan fingerprint density at radius 1 is 1.12 bits per heavy atom. The second kappa shape index (κ2) is 8.23. The molecule has 1 amide bonds. The summed E-state index contributed by atoms with van der Waals surface area (Å²) in [4.78, 5) is 13.1. The standard InChI is InChI=1S/C21H26N2O3/c1-16-7-9-18(10-8-16)26-21(11-13-22-14-12-21)20(24)23-15-17-5-3-4-6-19(17)25-2/h3-10,22H,11-15H2,1-2H3,(H,23,24). The van der Waals surface area contributed by atoms with Gasteiger partial charge in [-0.25, -0.2) is 0 Å². The number of benzene rings is 2. The Hall–Kier alpha value is -2.53. The zero-order valence-corrected chi connectivity index (χ0v) is 15.4. The van der Waals surface area contributed by atoms with E-state index in [9.17, 15) is 4.79 Å². The van der Waals surface area contributed by atoms with Gasteiger partial charge in [0.05, 0.1) is 7.11 Å². The van der Waals surface area contributed by atoms with Crippen LogP contribution in [0.3, 0.4) is 0 Å². The Morgan fingerprint density at radius 2 is 1.81 bits per heavy atom. The van der Waals surface area contributed by atoms with Crippen LogP contribution in [0.4, 0.5) is 0 Å². The molecule has 1 saturated heterocycles. The fourth-order valence-corrected chi connectivity index (χ4v) is 3.22. The molecule has 0 unspecified atom stereocenters. The monoisotopic (exact) mass is 354 g/mol. The lowest BCUT2D eigenvalue weighted by molar-refractivity contribution is -0.139. The second-order valence-corrected chi connectivity index (χ2v) is 6.65. The maximum atomic E-state index is 13.1. The van der Waals surface area contributed by atoms with Crippen molar-refractivity contribution < 1.29 is 14.3 Å². The molecule has 5 heteroatoms. The van der Waals surface area contributed by atoms with E-state index in [1.54, 1.807) is 7.11 Å². The minimum absolute atomic E-state index is 0.0783. The molecular formula is C21H26N2O3. The van der Waals surface area contributed by atoms with Gasteiger partial charge in [0.15, 0.2) is 5.60 Å². The van der Waals surface area contributed by atoms with Gasteiger partial charge in [0, 0.05) is 24.9 Å². The van der Waals surface area contributed by atoms with Crippen molar-refractivity contribution in [2.45, 2.75) is 31.9 Å². The van der Waals surface area contributed by atoms with Crippen LogP contribution in [0.25, 0.3) is 0 Å². The Labute approximate surface area is 154 Å². The van der Waals surface area contributed by atoms with Gasteiger partial charge in [-0.3, -0.25) is 4.79 Å². The summed E-state index contributed by atoms with van der Waals surface area (Å²) in [6, 6.07) is 15.5. The molecule has 2 aromatic rings. The van der Waals surface area contributed by atoms with Crippen molar-refractivity contribution in [3.05, 3.63) is 59.7 Å². The third kappa shape index (κ3) is 4.17. The maximum absolute atomic E-state index is 13.1. The SMILES string of the molecule is COc1ccccc1CNC(=O)C1(Oc2ccc(C)cc2)CCNCC1. The third-order valence-electron chi connectivity index (χ3n) is 4.79. The van der Waals surface area contributed by atoms with Gasteiger partial charge in [0.1, 0.15) is 11.5 Å². The molecule has 0 aliphatic carbocycles. The van der Waals surface area contributed by atoms with Gasteiger partial charge in [0.25, 0.3) is 5.91 Å². The van der Waals surface area contributed by atoms with Crippen LogP contribution in [0.15, 0.2) is 48.5 Å². The van der Waals surface area contributed by atoms with Gasteiger partial charge in [-0.2, -0.15) is 0 Å². The molecule has 26 heavy (non-hydrogen) atoms. The molecule has 1 heterocycles. The lowest BCUT2D eigenvalue weighted by atomic mass is 9.90. The lowest BCUT2D eigenvalue weighted by Gasteiger charge is -2.36. The molecule has 0 saturated carbocycles. The van der Waals surface area contributed by atoms with Crippen molar-refractivity contribution in [3.63, 3.8) is 0 Å². The molecule has 1 fully saturated rings. The first-order chi connectivity index (χ1) is 12.6. The Kier molecular flexibility index (Phi) is 5.78. The summed E-state index contributed by atoms with van der Waals surface area (Å²) in [6.45, 7) is 3.96. The first kappa shape index (κ1) is 18.3. The fraction of sp³-hybridized carbons (Fsp3) is 0.381. The van der Waals surface area contributed by atoms with Crippen LogP contribution in [0.5, 0.6) is 11.5 Å². The quantitative estimate of drug-likeness (QED) is 0.837. The lowest BCUT2D eigenvalue weighted by Crippen LogP contribution is -2.56. The smallest absolute Gasteiger partial charge is 0.264 e. The second-order valence-electron chi connectivity index (χ2n) is 6.65. The van der Waals surface area contributed by atoms with Crippen molar-refractivity contribution >= 4 is 5.91 Å². The van der Waals surface area contributed by atoms with Crippen LogP contribution >= 0.6 is 0 Å². The Balaban J connectivity index is 1.74. The number of methoxy groups -OCH3 is 1. The zero-order valence-electron chi connectivity index (χ0n) is 15.4. The summed E-state index contributed by atoms with van der Waals surface area (Å²) in [7, 11) is 1.63. The van der Waals surface area contributed by atoms with E-state index in [4.69, 9.17) is 9.47 Å². The number of carbonyl (C=O) groups is 1. The van der Waals surface area contributed by atoms with Crippen molar-refractivity contribution in [1.29, 1.82) is 0 Å². The van der Waals surface area contributed by atoms with E-state index in [0.29, 0.717) is 19.4 Å². The highest BCUT2D eigenvalue weighted by atomic mass is 16.5. The molecule has 3 rings (SSSR count). The summed E-state index contributed by atoms with van der Waals surface area (Å²) in [5.74, 6) is 1.42. The number of ether oxygens (including phenoxy) is 2. The van der Waals surface area contributed by atoms with Crippen LogP contribution in [0.2, 0.25) is 0 Å². The van der Waals surface area contributed by atoms with Crippen molar-refractivity contribution in [3.8, 4) is 11.5 Å². The highest BCUT2D eigenvalue weighted by Crippen LogP contribution is 2.27. The molecule has 0 bridgehead atoms. The first-order valence-corrected chi connectivity index (χ1v) is 8.99. The van der Waals surface area contributed by atoms with Crippen molar-refractivity contribution in [1.82, 2.24) is 10.6 Å². The van der Waals surface area contributed by atoms with Gasteiger partial charge < -0.3 is 20.1 Å². The van der Waals surface area contributed by atoms with Crippen LogP contribution in [-0.2, 0) is 11.3 Å². The van der Waals surface area contributed by atoms with Gasteiger partial charge >= 0.3 is 0 Å². The van der Waals surface area contributed by atoms with Crippen molar-refractivity contribution in [2.75, 3.05) is 20.2 Å². The molecule has 1 aliphatic rings. The number of amides is 1. The fourth-order valence-electron chi connectivity index (χ4n) is 3.22. The van der Waals surface area contributed by atoms with E-state index in [1.165, 1.54) is 0 Å². The number of hydrogen-bond donors (Lipinski definition) is 2. The summed E-state index contributed by atoms with van der Waals surface area (Å²) in [5, 5.41) is 6.35. The van der Waals surface area contributed by atoms with Crippen molar-refractivity contribution in [2.24, 2.45) is 0 Å². The number of para-hydroxylation sites is 1. The van der Waals surface area contributed by atoms with Gasteiger partial charge in [-0.1, -0.05) is 35.9 Å². The number of nitrogens with one attached hydrogen (secondary N) is 2. The largest absolute Gasteiger partial charge is 0.496 e. The number of hydrogen-bond acceptors (Lipinski definition) is 4. The predicted molar refractivity (Wildman–Crippen MR) is 101 cm³/mol. The molecule has 0 spiro atoms. The van der Waals surface area contributed by atoms with E-state index in [-0.39, 0.29) is 5.91 Å². The number of carbonyl (C=O) groups excluding carboxylic acids is 1. The topological polar surface area (TPSA) is 59.6 Å². The summed E-state index contributed by atoms with van der Waals surface area (Å²) < 4.78 is 11.6. The molecule has 0 radical (unpaired) electrons. The van der Waals surface area contributed by atoms with E-state index < -0.39 is 5.60 Å². The van der Waals surface area contributed by atoms with Gasteiger partial charge in [-0.15, -0.1) is 0 Å². The van der Waals surface area contributed by atoms with E-state index in [0.717, 1.165) is 35.7 Å². The molecule has 2 aromatic carbocycles.